The summed E-state index contributed by atoms with van der Waals surface area (Å²) < 4.78 is 28.0. The van der Waals surface area contributed by atoms with Gasteiger partial charge in [-0.2, -0.15) is 5.10 Å². The highest BCUT2D eigenvalue weighted by atomic mass is 19.2. The number of anilines is 3. The van der Waals surface area contributed by atoms with E-state index in [0.29, 0.717) is 17.2 Å². The third-order valence-corrected chi connectivity index (χ3v) is 2.47. The van der Waals surface area contributed by atoms with Crippen molar-refractivity contribution in [2.45, 2.75) is 6.92 Å². The van der Waals surface area contributed by atoms with Crippen LogP contribution in [0.1, 0.15) is 5.69 Å². The molecule has 0 unspecified atom stereocenters. The average molecular weight is 238 g/mol. The molecule has 0 bridgehead atoms. The average Bonchev–Trinajstić information content (AvgIpc) is 2.51. The first-order valence-corrected chi connectivity index (χ1v) is 5.01. The molecule has 90 valence electrons. The van der Waals surface area contributed by atoms with Crippen molar-refractivity contribution >= 4 is 17.2 Å². The fraction of sp³-hybridized carbons (Fsp3) is 0.182. The summed E-state index contributed by atoms with van der Waals surface area (Å²) in [7, 11) is 1.67. The minimum atomic E-state index is -0.939. The standard InChI is InChI=1S/C11H12F2N4/c1-6-10(14)11(17(2)16-6)15-8-5-3-4-7(12)9(8)13/h3-5,15H,14H2,1-2H3. The Balaban J connectivity index is 2.41. The second-order valence-electron chi connectivity index (χ2n) is 3.70. The summed E-state index contributed by atoms with van der Waals surface area (Å²) in [6.45, 7) is 1.74. The fourth-order valence-electron chi connectivity index (χ4n) is 1.55. The molecule has 1 aromatic heterocycles. The van der Waals surface area contributed by atoms with Crippen LogP contribution in [0.2, 0.25) is 0 Å². The van der Waals surface area contributed by atoms with E-state index in [-0.39, 0.29) is 5.69 Å². The monoisotopic (exact) mass is 238 g/mol. The van der Waals surface area contributed by atoms with Gasteiger partial charge in [0.1, 0.15) is 0 Å². The number of aryl methyl sites for hydroxylation is 2. The van der Waals surface area contributed by atoms with E-state index >= 15 is 0 Å². The number of rotatable bonds is 2. The summed E-state index contributed by atoms with van der Waals surface area (Å²) in [6, 6.07) is 3.90. The minimum Gasteiger partial charge on any atom is -0.394 e. The van der Waals surface area contributed by atoms with Crippen LogP contribution < -0.4 is 11.1 Å². The van der Waals surface area contributed by atoms with Crippen LogP contribution in [0.4, 0.5) is 26.0 Å². The maximum atomic E-state index is 13.4. The molecule has 0 radical (unpaired) electrons. The Morgan fingerprint density at radius 3 is 2.65 bits per heavy atom. The van der Waals surface area contributed by atoms with Gasteiger partial charge in [0.05, 0.1) is 17.1 Å². The van der Waals surface area contributed by atoms with E-state index in [0.717, 1.165) is 6.07 Å². The molecular weight excluding hydrogens is 226 g/mol. The maximum Gasteiger partial charge on any atom is 0.182 e. The van der Waals surface area contributed by atoms with Crippen molar-refractivity contribution in [1.82, 2.24) is 9.78 Å². The molecule has 6 heteroatoms. The smallest absolute Gasteiger partial charge is 0.182 e. The van der Waals surface area contributed by atoms with Crippen LogP contribution >= 0.6 is 0 Å². The highest BCUT2D eigenvalue weighted by molar-refractivity contribution is 5.71. The zero-order chi connectivity index (χ0) is 12.6. The van der Waals surface area contributed by atoms with Gasteiger partial charge in [-0.05, 0) is 19.1 Å². The topological polar surface area (TPSA) is 55.9 Å². The largest absolute Gasteiger partial charge is 0.394 e. The van der Waals surface area contributed by atoms with Gasteiger partial charge in [0, 0.05) is 7.05 Å². The molecule has 4 nitrogen and oxygen atoms in total. The number of nitrogens with zero attached hydrogens (tertiary/aromatic N) is 2. The van der Waals surface area contributed by atoms with Crippen molar-refractivity contribution in [2.24, 2.45) is 7.05 Å². The fourth-order valence-corrected chi connectivity index (χ4v) is 1.55. The van der Waals surface area contributed by atoms with Gasteiger partial charge in [-0.25, -0.2) is 8.78 Å². The molecule has 0 saturated heterocycles. The predicted molar refractivity (Wildman–Crippen MR) is 62.0 cm³/mol. The molecule has 0 aliphatic carbocycles. The number of hydrogen-bond acceptors (Lipinski definition) is 3. The summed E-state index contributed by atoms with van der Waals surface area (Å²) in [6.07, 6.45) is 0. The number of halogens is 2. The summed E-state index contributed by atoms with van der Waals surface area (Å²) >= 11 is 0. The van der Waals surface area contributed by atoms with Gasteiger partial charge in [0.25, 0.3) is 0 Å². The van der Waals surface area contributed by atoms with Gasteiger partial charge in [0.2, 0.25) is 0 Å². The van der Waals surface area contributed by atoms with Crippen LogP contribution in [0.3, 0.4) is 0 Å². The Kier molecular flexibility index (Phi) is 2.71. The predicted octanol–water partition coefficient (Wildman–Crippen LogP) is 2.33. The highest BCUT2D eigenvalue weighted by Crippen LogP contribution is 2.27. The lowest BCUT2D eigenvalue weighted by atomic mass is 10.3. The molecule has 0 amide bonds. The zero-order valence-electron chi connectivity index (χ0n) is 9.46. The van der Waals surface area contributed by atoms with Crippen molar-refractivity contribution in [3.63, 3.8) is 0 Å². The lowest BCUT2D eigenvalue weighted by molar-refractivity contribution is 0.511. The zero-order valence-corrected chi connectivity index (χ0v) is 9.46. The molecule has 17 heavy (non-hydrogen) atoms. The molecule has 1 aromatic carbocycles. The van der Waals surface area contributed by atoms with Crippen LogP contribution in [-0.2, 0) is 7.05 Å². The minimum absolute atomic E-state index is 0.0275. The second-order valence-corrected chi connectivity index (χ2v) is 3.70. The summed E-state index contributed by atoms with van der Waals surface area (Å²) in [5.74, 6) is -1.41. The van der Waals surface area contributed by atoms with Gasteiger partial charge in [-0.3, -0.25) is 4.68 Å². The highest BCUT2D eigenvalue weighted by Gasteiger charge is 2.13. The Hall–Kier alpha value is -2.11. The molecule has 0 aliphatic rings. The van der Waals surface area contributed by atoms with E-state index in [1.54, 1.807) is 14.0 Å². The van der Waals surface area contributed by atoms with Crippen LogP contribution in [-0.4, -0.2) is 9.78 Å². The van der Waals surface area contributed by atoms with Crippen molar-refractivity contribution in [2.75, 3.05) is 11.1 Å². The Morgan fingerprint density at radius 1 is 1.35 bits per heavy atom. The van der Waals surface area contributed by atoms with E-state index in [9.17, 15) is 8.78 Å². The second kappa shape index (κ2) is 4.04. The van der Waals surface area contributed by atoms with E-state index in [1.165, 1.54) is 16.8 Å². The van der Waals surface area contributed by atoms with Crippen LogP contribution in [0.25, 0.3) is 0 Å². The molecule has 1 heterocycles. The van der Waals surface area contributed by atoms with Gasteiger partial charge >= 0.3 is 0 Å². The normalized spacial score (nSPS) is 10.6. The lowest BCUT2D eigenvalue weighted by Crippen LogP contribution is -2.03. The number of nitrogens with one attached hydrogen (secondary N) is 1. The van der Waals surface area contributed by atoms with Crippen molar-refractivity contribution in [3.05, 3.63) is 35.5 Å². The lowest BCUT2D eigenvalue weighted by Gasteiger charge is -2.08. The molecule has 0 saturated carbocycles. The number of aromatic nitrogens is 2. The molecule has 3 N–H and O–H groups in total. The molecule has 0 atom stereocenters. The van der Waals surface area contributed by atoms with Gasteiger partial charge in [0.15, 0.2) is 17.5 Å². The van der Waals surface area contributed by atoms with Gasteiger partial charge < -0.3 is 11.1 Å². The number of benzene rings is 1. The van der Waals surface area contributed by atoms with Crippen LogP contribution in [0.5, 0.6) is 0 Å². The SMILES string of the molecule is Cc1nn(C)c(Nc2cccc(F)c2F)c1N. The maximum absolute atomic E-state index is 13.4. The molecule has 0 spiro atoms. The first-order valence-electron chi connectivity index (χ1n) is 5.01. The summed E-state index contributed by atoms with van der Waals surface area (Å²) in [5.41, 5.74) is 6.85. The van der Waals surface area contributed by atoms with E-state index in [2.05, 4.69) is 10.4 Å². The first-order chi connectivity index (χ1) is 8.00. The number of hydrogen-bond donors (Lipinski definition) is 2. The van der Waals surface area contributed by atoms with Gasteiger partial charge in [-0.15, -0.1) is 0 Å². The molecule has 2 rings (SSSR count). The molecule has 0 aliphatic heterocycles. The third kappa shape index (κ3) is 1.93. The van der Waals surface area contributed by atoms with Gasteiger partial charge in [-0.1, -0.05) is 6.07 Å². The van der Waals surface area contributed by atoms with Crippen molar-refractivity contribution in [3.8, 4) is 0 Å². The van der Waals surface area contributed by atoms with Crippen molar-refractivity contribution in [1.29, 1.82) is 0 Å². The summed E-state index contributed by atoms with van der Waals surface area (Å²) in [4.78, 5) is 0. The summed E-state index contributed by atoms with van der Waals surface area (Å²) in [5, 5.41) is 6.80. The number of nitrogen functional groups attached to an aromatic ring is 1. The Morgan fingerprint density at radius 2 is 2.06 bits per heavy atom. The number of nitrogens with two attached hydrogens (primary N) is 1. The Labute approximate surface area is 97.0 Å². The van der Waals surface area contributed by atoms with E-state index in [1.807, 2.05) is 0 Å². The molecule has 0 fully saturated rings. The first kappa shape index (κ1) is 11.4. The third-order valence-electron chi connectivity index (χ3n) is 2.47. The van der Waals surface area contributed by atoms with Crippen LogP contribution in [0, 0.1) is 18.6 Å². The van der Waals surface area contributed by atoms with Crippen LogP contribution in [0.15, 0.2) is 18.2 Å². The van der Waals surface area contributed by atoms with E-state index < -0.39 is 11.6 Å². The molecular formula is C11H12F2N4. The van der Waals surface area contributed by atoms with Crippen molar-refractivity contribution < 1.29 is 8.78 Å². The molecule has 2 aromatic rings. The quantitative estimate of drug-likeness (QED) is 0.844. The Bertz CT molecular complexity index is 563. The van der Waals surface area contributed by atoms with E-state index in [4.69, 9.17) is 5.73 Å².